The van der Waals surface area contributed by atoms with Gasteiger partial charge in [0.05, 0.1) is 22.7 Å². The second-order valence-electron chi connectivity index (χ2n) is 31.4. The van der Waals surface area contributed by atoms with E-state index in [9.17, 15) is 0 Å². The summed E-state index contributed by atoms with van der Waals surface area (Å²) in [5.41, 5.74) is 24.4. The van der Waals surface area contributed by atoms with Gasteiger partial charge < -0.3 is 19.6 Å². The molecular formula is C104H100N4. The largest absolute Gasteiger partial charge is 0.309 e. The van der Waals surface area contributed by atoms with Gasteiger partial charge in [0, 0.05) is 88.6 Å². The van der Waals surface area contributed by atoms with Gasteiger partial charge in [0.25, 0.3) is 0 Å². The number of benzene rings is 16. The molecular weight excluding hydrogens is 1310 g/mol. The van der Waals surface area contributed by atoms with Gasteiger partial charge in [0.2, 0.25) is 0 Å². The first kappa shape index (κ1) is 71.9. The summed E-state index contributed by atoms with van der Waals surface area (Å²) in [7, 11) is 0. The third-order valence-electron chi connectivity index (χ3n) is 22.1. The molecule has 0 fully saturated rings. The van der Waals surface area contributed by atoms with Crippen LogP contribution in [-0.2, 0) is 0 Å². The molecule has 0 heterocycles. The molecule has 0 unspecified atom stereocenters. The minimum Gasteiger partial charge on any atom is -0.309 e. The maximum atomic E-state index is 2.51. The maximum Gasteiger partial charge on any atom is 0.0626 e. The zero-order valence-corrected chi connectivity index (χ0v) is 65.3. The van der Waals surface area contributed by atoms with E-state index in [1.807, 2.05) is 0 Å². The van der Waals surface area contributed by atoms with E-state index in [1.54, 1.807) is 0 Å². The molecule has 16 rings (SSSR count). The first-order valence-electron chi connectivity index (χ1n) is 39.0. The molecule has 0 bridgehead atoms. The molecule has 0 aliphatic carbocycles. The molecule has 0 amide bonds. The molecule has 0 aliphatic rings. The van der Waals surface area contributed by atoms with Crippen molar-refractivity contribution in [2.45, 2.75) is 132 Å². The highest BCUT2D eigenvalue weighted by atomic mass is 15.2. The van der Waals surface area contributed by atoms with Gasteiger partial charge in [0.1, 0.15) is 0 Å². The molecule has 0 spiro atoms. The number of aryl methyl sites for hydroxylation is 2. The van der Waals surface area contributed by atoms with Crippen molar-refractivity contribution in [1.82, 2.24) is 0 Å². The van der Waals surface area contributed by atoms with E-state index in [0.717, 1.165) is 45.5 Å². The van der Waals surface area contributed by atoms with Crippen LogP contribution in [0.5, 0.6) is 0 Å². The molecule has 108 heavy (non-hydrogen) atoms. The van der Waals surface area contributed by atoms with E-state index in [2.05, 4.69) is 432 Å². The van der Waals surface area contributed by atoms with Crippen LogP contribution in [0.15, 0.2) is 315 Å². The zero-order chi connectivity index (χ0) is 75.0. The number of nitrogens with zero attached hydrogens (tertiary/aromatic N) is 4. The molecule has 0 aromatic heterocycles. The SMILES string of the molecule is CC(C)c1ccc(N(c2ccc(C(C)C)cc2)c2c3ccccc3c(N(c3ccc(C(C)C)cc3)c3ccc(C(C)C)cc3)c3c2ccc2ccccc23)cc1.Cc1ccc(N(c2ccc(C(C)C)cc2)c2c3ccccc3c(N(c3ccc(C)cc3)c3ccc(C(C)C)cc3)c3c2ccc2ccccc23)cc1. The minimum absolute atomic E-state index is 0.447. The predicted octanol–water partition coefficient (Wildman–Crippen LogP) is 31.5. The molecule has 0 N–H and O–H groups in total. The van der Waals surface area contributed by atoms with Gasteiger partial charge in [-0.15, -0.1) is 0 Å². The van der Waals surface area contributed by atoms with Crippen molar-refractivity contribution >= 4 is 133 Å². The van der Waals surface area contributed by atoms with Gasteiger partial charge >= 0.3 is 0 Å². The smallest absolute Gasteiger partial charge is 0.0626 e. The molecule has 0 atom stereocenters. The fraction of sp³-hybridized carbons (Fsp3) is 0.192. The van der Waals surface area contributed by atoms with Crippen LogP contribution >= 0.6 is 0 Å². The molecule has 4 heteroatoms. The van der Waals surface area contributed by atoms with Crippen molar-refractivity contribution in [3.8, 4) is 0 Å². The number of fused-ring (bicyclic) bond motifs is 8. The lowest BCUT2D eigenvalue weighted by Crippen LogP contribution is -2.15. The Morgan fingerprint density at radius 3 is 0.574 bits per heavy atom. The first-order valence-corrected chi connectivity index (χ1v) is 39.0. The lowest BCUT2D eigenvalue weighted by molar-refractivity contribution is 0.866. The highest BCUT2D eigenvalue weighted by Gasteiger charge is 2.30. The Bertz CT molecular complexity index is 5750. The first-order chi connectivity index (χ1) is 52.4. The summed E-state index contributed by atoms with van der Waals surface area (Å²) in [4.78, 5) is 9.96. The predicted molar refractivity (Wildman–Crippen MR) is 471 cm³/mol. The quantitative estimate of drug-likeness (QED) is 0.0482. The van der Waals surface area contributed by atoms with E-state index in [-0.39, 0.29) is 0 Å². The third kappa shape index (κ3) is 14.0. The summed E-state index contributed by atoms with van der Waals surface area (Å²) >= 11 is 0. The second-order valence-corrected chi connectivity index (χ2v) is 31.4. The van der Waals surface area contributed by atoms with E-state index in [4.69, 9.17) is 0 Å². The molecule has 536 valence electrons. The molecule has 4 nitrogen and oxygen atoms in total. The van der Waals surface area contributed by atoms with Crippen LogP contribution in [0.2, 0.25) is 0 Å². The number of rotatable bonds is 18. The van der Waals surface area contributed by atoms with Crippen LogP contribution < -0.4 is 19.6 Å². The summed E-state index contributed by atoms with van der Waals surface area (Å²) in [6, 6.07) is 118. The van der Waals surface area contributed by atoms with Crippen molar-refractivity contribution in [1.29, 1.82) is 0 Å². The molecule has 0 aliphatic heterocycles. The van der Waals surface area contributed by atoms with E-state index in [0.29, 0.717) is 35.5 Å². The summed E-state index contributed by atoms with van der Waals surface area (Å²) in [5, 5.41) is 14.6. The Labute approximate surface area is 640 Å². The topological polar surface area (TPSA) is 13.0 Å². The highest BCUT2D eigenvalue weighted by Crippen LogP contribution is 2.56. The van der Waals surface area contributed by atoms with Crippen LogP contribution in [0.4, 0.5) is 68.2 Å². The van der Waals surface area contributed by atoms with Gasteiger partial charge in [-0.2, -0.15) is 0 Å². The van der Waals surface area contributed by atoms with E-state index in [1.165, 1.54) is 132 Å². The van der Waals surface area contributed by atoms with Gasteiger partial charge in [0.15, 0.2) is 0 Å². The van der Waals surface area contributed by atoms with Gasteiger partial charge in [-0.25, -0.2) is 0 Å². The fourth-order valence-corrected chi connectivity index (χ4v) is 15.8. The van der Waals surface area contributed by atoms with Crippen LogP contribution in [0, 0.1) is 13.8 Å². The molecule has 0 saturated carbocycles. The summed E-state index contributed by atoms with van der Waals surface area (Å²) in [6.45, 7) is 31.5. The van der Waals surface area contributed by atoms with Crippen LogP contribution in [0.3, 0.4) is 0 Å². The summed E-state index contributed by atoms with van der Waals surface area (Å²) in [6.07, 6.45) is 0. The molecule has 16 aromatic carbocycles. The van der Waals surface area contributed by atoms with Gasteiger partial charge in [-0.3, -0.25) is 0 Å². The molecule has 0 saturated heterocycles. The Balaban J connectivity index is 0.000000173. The number of anilines is 12. The Morgan fingerprint density at radius 2 is 0.352 bits per heavy atom. The van der Waals surface area contributed by atoms with E-state index >= 15 is 0 Å². The van der Waals surface area contributed by atoms with Gasteiger partial charge in [-0.05, 0) is 201 Å². The van der Waals surface area contributed by atoms with Crippen LogP contribution in [-0.4, -0.2) is 0 Å². The maximum absolute atomic E-state index is 2.51. The van der Waals surface area contributed by atoms with Gasteiger partial charge in [-0.1, -0.05) is 313 Å². The Morgan fingerprint density at radius 1 is 0.167 bits per heavy atom. The van der Waals surface area contributed by atoms with Crippen LogP contribution in [0.25, 0.3) is 64.6 Å². The summed E-state index contributed by atoms with van der Waals surface area (Å²) < 4.78 is 0. The van der Waals surface area contributed by atoms with Crippen molar-refractivity contribution in [2.24, 2.45) is 0 Å². The average molecular weight is 1410 g/mol. The van der Waals surface area contributed by atoms with E-state index < -0.39 is 0 Å². The monoisotopic (exact) mass is 1400 g/mol. The lowest BCUT2D eigenvalue weighted by atomic mass is 9.91. The normalized spacial score (nSPS) is 11.7. The summed E-state index contributed by atoms with van der Waals surface area (Å²) in [5.74, 6) is 2.70. The third-order valence-corrected chi connectivity index (χ3v) is 22.1. The highest BCUT2D eigenvalue weighted by molar-refractivity contribution is 6.31. The average Bonchev–Trinajstić information content (AvgIpc) is 0.717. The zero-order valence-electron chi connectivity index (χ0n) is 65.3. The minimum atomic E-state index is 0.447. The van der Waals surface area contributed by atoms with Crippen molar-refractivity contribution < 1.29 is 0 Å². The number of hydrogen-bond donors (Lipinski definition) is 0. The standard InChI is InChI=1S/C54H54N2.C50H46N2/c1-35(2)39-17-26-44(27-18-39)55(45-28-19-40(20-29-45)36(3)4)53-49-15-11-12-16-50(49)54(52-48-14-10-9-13-43(48)25-34-51(52)53)56(46-30-21-41(22-31-46)37(5)6)47-32-23-42(24-33-47)38(7)8;1-33(2)37-19-28-42(29-20-37)51(40-24-15-35(5)16-25-40)49-45-13-9-10-14-46(45)50(48-44-12-8-7-11-39(44)23-32-47(48)49)52(41-26-17-36(6)18-27-41)43-30-21-38(22-31-43)34(3)4/h9-38H,1-8H3;7-34H,1-6H3. The van der Waals surface area contributed by atoms with Crippen molar-refractivity contribution in [3.63, 3.8) is 0 Å². The lowest BCUT2D eigenvalue weighted by Gasteiger charge is -2.33. The second kappa shape index (κ2) is 30.6. The fourth-order valence-electron chi connectivity index (χ4n) is 15.8. The number of hydrogen-bond acceptors (Lipinski definition) is 4. The molecule has 16 aromatic rings. The van der Waals surface area contributed by atoms with Crippen molar-refractivity contribution in [2.75, 3.05) is 19.6 Å². The Kier molecular flexibility index (Phi) is 20.4. The van der Waals surface area contributed by atoms with Crippen LogP contribution in [0.1, 0.15) is 163 Å². The Hall–Kier alpha value is -11.7. The molecule has 0 radical (unpaired) electrons. The van der Waals surface area contributed by atoms with Crippen molar-refractivity contribution in [3.05, 3.63) is 360 Å².